The van der Waals surface area contributed by atoms with E-state index in [0.29, 0.717) is 0 Å². The second-order valence-corrected chi connectivity index (χ2v) is 7.10. The van der Waals surface area contributed by atoms with Gasteiger partial charge in [-0.1, -0.05) is 72.4 Å². The van der Waals surface area contributed by atoms with Crippen LogP contribution in [0.4, 0.5) is 0 Å². The quantitative estimate of drug-likeness (QED) is 0.807. The molecule has 2 aliphatic heterocycles. The first-order valence-corrected chi connectivity index (χ1v) is 9.00. The van der Waals surface area contributed by atoms with Crippen LogP contribution in [-0.2, 0) is 5.72 Å². The molecule has 2 atom stereocenters. The highest BCUT2D eigenvalue weighted by atomic mass is 79.9. The van der Waals surface area contributed by atoms with Crippen LogP contribution in [-0.4, -0.2) is 28.3 Å². The Hall–Kier alpha value is -1.30. The second kappa shape index (κ2) is 7.30. The third-order valence-corrected chi connectivity index (χ3v) is 5.97. The maximum absolute atomic E-state index is 11.8. The highest BCUT2D eigenvalue weighted by molar-refractivity contribution is 8.93. The predicted molar refractivity (Wildman–Crippen MR) is 106 cm³/mol. The lowest BCUT2D eigenvalue weighted by Crippen LogP contribution is -2.46. The highest BCUT2D eigenvalue weighted by Crippen LogP contribution is 2.54. The van der Waals surface area contributed by atoms with Gasteiger partial charge in [-0.25, -0.2) is 0 Å². The molecule has 0 saturated carbocycles. The molecule has 2 aromatic carbocycles. The van der Waals surface area contributed by atoms with Gasteiger partial charge in [0.2, 0.25) is 0 Å². The van der Waals surface area contributed by atoms with E-state index in [1.165, 1.54) is 0 Å². The van der Waals surface area contributed by atoms with E-state index in [9.17, 15) is 5.11 Å². The summed E-state index contributed by atoms with van der Waals surface area (Å²) < 4.78 is 0. The van der Waals surface area contributed by atoms with Crippen LogP contribution >= 0.6 is 28.7 Å². The molecule has 4 rings (SSSR count). The van der Waals surface area contributed by atoms with Gasteiger partial charge in [0.05, 0.1) is 5.25 Å². The van der Waals surface area contributed by atoms with Gasteiger partial charge in [-0.15, -0.1) is 17.0 Å². The summed E-state index contributed by atoms with van der Waals surface area (Å²) in [6, 6.07) is 20.3. The van der Waals surface area contributed by atoms with Crippen LogP contribution in [0.25, 0.3) is 0 Å². The number of aliphatic imine (C=N–C) groups is 1. The number of hydrogen-bond acceptors (Lipinski definition) is 4. The molecule has 1 N–H and O–H groups in total. The van der Waals surface area contributed by atoms with Crippen molar-refractivity contribution in [2.45, 2.75) is 23.8 Å². The molecule has 0 aromatic heterocycles. The summed E-state index contributed by atoms with van der Waals surface area (Å²) in [4.78, 5) is 6.84. The fraction of sp³-hybridized carbons (Fsp3) is 0.316. The topological polar surface area (TPSA) is 35.8 Å². The first-order chi connectivity index (χ1) is 11.3. The Bertz CT molecular complexity index is 710. The van der Waals surface area contributed by atoms with Crippen molar-refractivity contribution in [2.24, 2.45) is 4.99 Å². The van der Waals surface area contributed by atoms with E-state index in [1.54, 1.807) is 11.8 Å². The summed E-state index contributed by atoms with van der Waals surface area (Å²) in [5.41, 5.74) is 1.03. The van der Waals surface area contributed by atoms with E-state index >= 15 is 0 Å². The van der Waals surface area contributed by atoms with Crippen molar-refractivity contribution in [3.05, 3.63) is 71.8 Å². The molecule has 1 saturated heterocycles. The zero-order chi connectivity index (χ0) is 15.7. The lowest BCUT2D eigenvalue weighted by Gasteiger charge is -2.37. The first kappa shape index (κ1) is 17.5. The van der Waals surface area contributed by atoms with Gasteiger partial charge in [0, 0.05) is 18.7 Å². The molecule has 2 aromatic rings. The molecule has 0 radical (unpaired) electrons. The number of aliphatic hydroxyl groups is 1. The molecular weight excluding hydrogens is 384 g/mol. The molecule has 2 aliphatic rings. The molecule has 0 spiro atoms. The second-order valence-electron chi connectivity index (χ2n) is 6.02. The summed E-state index contributed by atoms with van der Waals surface area (Å²) in [5, 5.41) is 12.7. The lowest BCUT2D eigenvalue weighted by atomic mass is 9.92. The van der Waals surface area contributed by atoms with Gasteiger partial charge in [-0.05, 0) is 18.4 Å². The Kier molecular flexibility index (Phi) is 5.33. The molecule has 1 fully saturated rings. The van der Waals surface area contributed by atoms with Gasteiger partial charge in [0.25, 0.3) is 0 Å². The minimum Gasteiger partial charge on any atom is -0.365 e. The number of amidine groups is 1. The molecule has 0 bridgehead atoms. The molecule has 126 valence electrons. The number of halogens is 1. The Labute approximate surface area is 157 Å². The highest BCUT2D eigenvalue weighted by Gasteiger charge is 2.53. The van der Waals surface area contributed by atoms with E-state index in [0.717, 1.165) is 42.2 Å². The van der Waals surface area contributed by atoms with Crippen molar-refractivity contribution in [1.29, 1.82) is 0 Å². The van der Waals surface area contributed by atoms with Crippen molar-refractivity contribution in [3.8, 4) is 0 Å². The standard InChI is InChI=1S/C19H20N2OS.BrH/c22-19(16-11-5-2-6-12-16)17(15-9-3-1-4-10-15)23-18-20-13-7-8-14-21(18)19;/h1-6,9-12,17,22H,7-8,13-14H2;1H. The zero-order valence-electron chi connectivity index (χ0n) is 13.3. The van der Waals surface area contributed by atoms with E-state index in [4.69, 9.17) is 4.99 Å². The van der Waals surface area contributed by atoms with E-state index in [1.807, 2.05) is 48.5 Å². The fourth-order valence-electron chi connectivity index (χ4n) is 3.40. The monoisotopic (exact) mass is 404 g/mol. The molecule has 24 heavy (non-hydrogen) atoms. The lowest BCUT2D eigenvalue weighted by molar-refractivity contribution is -0.0712. The third kappa shape index (κ3) is 2.89. The van der Waals surface area contributed by atoms with Gasteiger partial charge in [-0.2, -0.15) is 0 Å². The Balaban J connectivity index is 0.00000169. The first-order valence-electron chi connectivity index (χ1n) is 8.12. The molecular formula is C19H21BrN2OS. The molecule has 2 unspecified atom stereocenters. The Morgan fingerprint density at radius 3 is 2.38 bits per heavy atom. The molecule has 0 aliphatic carbocycles. The number of thioether (sulfide) groups is 1. The Morgan fingerprint density at radius 2 is 1.67 bits per heavy atom. The normalized spacial score (nSPS) is 26.1. The van der Waals surface area contributed by atoms with Gasteiger partial charge >= 0.3 is 0 Å². The predicted octanol–water partition coefficient (Wildman–Crippen LogP) is 4.35. The minimum atomic E-state index is -1.05. The number of rotatable bonds is 2. The number of fused-ring (bicyclic) bond motifs is 1. The van der Waals surface area contributed by atoms with Crippen LogP contribution in [0.2, 0.25) is 0 Å². The number of nitrogens with zero attached hydrogens (tertiary/aromatic N) is 2. The van der Waals surface area contributed by atoms with Crippen LogP contribution in [0.1, 0.15) is 29.2 Å². The molecule has 0 amide bonds. The third-order valence-electron chi connectivity index (χ3n) is 4.57. The maximum atomic E-state index is 11.8. The smallest absolute Gasteiger partial charge is 0.182 e. The summed E-state index contributed by atoms with van der Waals surface area (Å²) in [6.07, 6.45) is 2.14. The van der Waals surface area contributed by atoms with E-state index < -0.39 is 5.72 Å². The summed E-state index contributed by atoms with van der Waals surface area (Å²) in [6.45, 7) is 1.70. The van der Waals surface area contributed by atoms with E-state index in [2.05, 4.69) is 17.0 Å². The van der Waals surface area contributed by atoms with Crippen molar-refractivity contribution in [2.75, 3.05) is 13.1 Å². The van der Waals surface area contributed by atoms with Crippen LogP contribution in [0, 0.1) is 0 Å². The van der Waals surface area contributed by atoms with Crippen molar-refractivity contribution in [1.82, 2.24) is 4.90 Å². The largest absolute Gasteiger partial charge is 0.365 e. The van der Waals surface area contributed by atoms with Crippen LogP contribution in [0.3, 0.4) is 0 Å². The molecule has 2 heterocycles. The number of hydrogen-bond donors (Lipinski definition) is 1. The van der Waals surface area contributed by atoms with Crippen molar-refractivity contribution >= 4 is 33.9 Å². The summed E-state index contributed by atoms with van der Waals surface area (Å²) >= 11 is 1.69. The summed E-state index contributed by atoms with van der Waals surface area (Å²) in [5.74, 6) is 0. The average Bonchev–Trinajstić information content (AvgIpc) is 2.77. The van der Waals surface area contributed by atoms with Gasteiger partial charge in [0.15, 0.2) is 10.9 Å². The Morgan fingerprint density at radius 1 is 1.00 bits per heavy atom. The van der Waals surface area contributed by atoms with E-state index in [-0.39, 0.29) is 22.2 Å². The SMILES string of the molecule is Br.OC1(c2ccccc2)C(c2ccccc2)SC2=NCCCCN21. The average molecular weight is 405 g/mol. The maximum Gasteiger partial charge on any atom is 0.182 e. The number of benzene rings is 2. The minimum absolute atomic E-state index is 0. The summed E-state index contributed by atoms with van der Waals surface area (Å²) in [7, 11) is 0. The van der Waals surface area contributed by atoms with Crippen LogP contribution < -0.4 is 0 Å². The van der Waals surface area contributed by atoms with Crippen LogP contribution in [0.15, 0.2) is 65.7 Å². The van der Waals surface area contributed by atoms with Crippen molar-refractivity contribution in [3.63, 3.8) is 0 Å². The van der Waals surface area contributed by atoms with Gasteiger partial charge < -0.3 is 10.0 Å². The van der Waals surface area contributed by atoms with Crippen LogP contribution in [0.5, 0.6) is 0 Å². The van der Waals surface area contributed by atoms with Crippen molar-refractivity contribution < 1.29 is 5.11 Å². The fourth-order valence-corrected chi connectivity index (χ4v) is 4.86. The molecule has 3 nitrogen and oxygen atoms in total. The van der Waals surface area contributed by atoms with Gasteiger partial charge in [0.1, 0.15) is 0 Å². The zero-order valence-corrected chi connectivity index (χ0v) is 15.9. The molecule has 5 heteroatoms. The van der Waals surface area contributed by atoms with Gasteiger partial charge in [-0.3, -0.25) is 4.99 Å².